The van der Waals surface area contributed by atoms with Crippen LogP contribution >= 0.6 is 0 Å². The summed E-state index contributed by atoms with van der Waals surface area (Å²) in [5.74, 6) is -0.936. The summed E-state index contributed by atoms with van der Waals surface area (Å²) in [6.45, 7) is 6.32. The van der Waals surface area contributed by atoms with Gasteiger partial charge in [0.05, 0.1) is 0 Å². The lowest BCUT2D eigenvalue weighted by atomic mass is 10.0. The van der Waals surface area contributed by atoms with Crippen LogP contribution in [0.5, 0.6) is 0 Å². The molecule has 0 radical (unpaired) electrons. The molecular formula is C14H20F2N2. The van der Waals surface area contributed by atoms with Gasteiger partial charge < -0.3 is 5.32 Å². The van der Waals surface area contributed by atoms with Crippen molar-refractivity contribution >= 4 is 0 Å². The first kappa shape index (κ1) is 13.4. The molecule has 0 saturated carbocycles. The number of piperazine rings is 1. The molecule has 1 aromatic rings. The van der Waals surface area contributed by atoms with Crippen molar-refractivity contribution in [1.29, 1.82) is 0 Å². The molecule has 2 nitrogen and oxygen atoms in total. The quantitative estimate of drug-likeness (QED) is 0.886. The molecule has 0 amide bonds. The lowest BCUT2D eigenvalue weighted by Crippen LogP contribution is -2.47. The van der Waals surface area contributed by atoms with E-state index in [1.54, 1.807) is 6.07 Å². The number of halogens is 2. The number of hydrogen-bond donors (Lipinski definition) is 1. The van der Waals surface area contributed by atoms with Gasteiger partial charge in [-0.05, 0) is 31.4 Å². The largest absolute Gasteiger partial charge is 0.314 e. The lowest BCUT2D eigenvalue weighted by Gasteiger charge is -2.32. The minimum atomic E-state index is -0.508. The van der Waals surface area contributed by atoms with Crippen molar-refractivity contribution in [3.8, 4) is 0 Å². The van der Waals surface area contributed by atoms with Gasteiger partial charge in [-0.2, -0.15) is 0 Å². The number of hydrogen-bond acceptors (Lipinski definition) is 2. The van der Waals surface area contributed by atoms with Crippen LogP contribution in [0, 0.1) is 11.6 Å². The van der Waals surface area contributed by atoms with Crippen molar-refractivity contribution in [3.05, 3.63) is 35.4 Å². The number of benzene rings is 1. The highest BCUT2D eigenvalue weighted by atomic mass is 19.1. The Hall–Kier alpha value is -1.00. The van der Waals surface area contributed by atoms with Crippen LogP contribution in [0.25, 0.3) is 0 Å². The third-order valence-corrected chi connectivity index (χ3v) is 3.62. The van der Waals surface area contributed by atoms with E-state index in [9.17, 15) is 8.78 Å². The summed E-state index contributed by atoms with van der Waals surface area (Å²) in [6, 6.07) is 4.28. The molecule has 0 aromatic heterocycles. The van der Waals surface area contributed by atoms with E-state index in [4.69, 9.17) is 0 Å². The maximum Gasteiger partial charge on any atom is 0.129 e. The van der Waals surface area contributed by atoms with Crippen LogP contribution in [0.3, 0.4) is 0 Å². The molecular weight excluding hydrogens is 234 g/mol. The Balaban J connectivity index is 1.86. The summed E-state index contributed by atoms with van der Waals surface area (Å²) in [5, 5.41) is 3.32. The summed E-state index contributed by atoms with van der Waals surface area (Å²) in [7, 11) is 0. The molecule has 1 N–H and O–H groups in total. The molecule has 100 valence electrons. The topological polar surface area (TPSA) is 15.3 Å². The molecule has 18 heavy (non-hydrogen) atoms. The van der Waals surface area contributed by atoms with Crippen LogP contribution in [0.4, 0.5) is 8.78 Å². The van der Waals surface area contributed by atoms with Crippen molar-refractivity contribution in [2.75, 3.05) is 26.2 Å². The Kier molecular flexibility index (Phi) is 4.66. The summed E-state index contributed by atoms with van der Waals surface area (Å²) in [5.41, 5.74) is 0.610. The molecule has 1 atom stereocenters. The normalized spacial score (nSPS) is 18.8. The van der Waals surface area contributed by atoms with Gasteiger partial charge in [0.1, 0.15) is 11.6 Å². The van der Waals surface area contributed by atoms with Crippen molar-refractivity contribution < 1.29 is 8.78 Å². The maximum absolute atomic E-state index is 13.5. The Morgan fingerprint density at radius 3 is 2.67 bits per heavy atom. The van der Waals surface area contributed by atoms with Crippen LogP contribution in [0.1, 0.15) is 18.9 Å². The Morgan fingerprint density at radius 1 is 1.28 bits per heavy atom. The fourth-order valence-electron chi connectivity index (χ4n) is 2.39. The van der Waals surface area contributed by atoms with Gasteiger partial charge in [0.15, 0.2) is 0 Å². The second-order valence-electron chi connectivity index (χ2n) is 4.91. The second kappa shape index (κ2) is 6.25. The average molecular weight is 254 g/mol. The van der Waals surface area contributed by atoms with Gasteiger partial charge in [-0.3, -0.25) is 4.90 Å². The van der Waals surface area contributed by atoms with E-state index in [1.807, 2.05) is 0 Å². The zero-order valence-electron chi connectivity index (χ0n) is 10.8. The van der Waals surface area contributed by atoms with Gasteiger partial charge in [0, 0.05) is 38.3 Å². The Labute approximate surface area is 107 Å². The first-order valence-corrected chi connectivity index (χ1v) is 6.55. The van der Waals surface area contributed by atoms with E-state index in [0.717, 1.165) is 38.7 Å². The third kappa shape index (κ3) is 3.50. The highest BCUT2D eigenvalue weighted by Gasteiger charge is 2.16. The Bertz CT molecular complexity index is 389. The molecule has 1 saturated heterocycles. The van der Waals surface area contributed by atoms with Crippen molar-refractivity contribution in [3.63, 3.8) is 0 Å². The second-order valence-corrected chi connectivity index (χ2v) is 4.91. The monoisotopic (exact) mass is 254 g/mol. The molecule has 4 heteroatoms. The van der Waals surface area contributed by atoms with Crippen LogP contribution in [-0.2, 0) is 6.42 Å². The lowest BCUT2D eigenvalue weighted by molar-refractivity contribution is 0.176. The summed E-state index contributed by atoms with van der Waals surface area (Å²) < 4.78 is 26.3. The number of nitrogens with one attached hydrogen (secondary N) is 1. The van der Waals surface area contributed by atoms with E-state index in [1.165, 1.54) is 6.07 Å². The molecule has 1 aliphatic heterocycles. The molecule has 1 fully saturated rings. The van der Waals surface area contributed by atoms with Gasteiger partial charge in [0.2, 0.25) is 0 Å². The summed E-state index contributed by atoms with van der Waals surface area (Å²) in [4.78, 5) is 2.41. The highest BCUT2D eigenvalue weighted by Crippen LogP contribution is 2.14. The van der Waals surface area contributed by atoms with E-state index in [-0.39, 0.29) is 0 Å². The third-order valence-electron chi connectivity index (χ3n) is 3.62. The molecule has 0 aliphatic carbocycles. The van der Waals surface area contributed by atoms with E-state index in [0.29, 0.717) is 18.0 Å². The SMILES string of the molecule is CC(CCc1ccc(F)cc1F)N1CCNCC1. The minimum Gasteiger partial charge on any atom is -0.314 e. The van der Waals surface area contributed by atoms with Gasteiger partial charge in [0.25, 0.3) is 0 Å². The number of rotatable bonds is 4. The van der Waals surface area contributed by atoms with Crippen molar-refractivity contribution in [2.45, 2.75) is 25.8 Å². The maximum atomic E-state index is 13.5. The molecule has 0 spiro atoms. The van der Waals surface area contributed by atoms with Gasteiger partial charge in [-0.25, -0.2) is 8.78 Å². The molecule has 1 aromatic carbocycles. The van der Waals surface area contributed by atoms with Crippen molar-refractivity contribution in [1.82, 2.24) is 10.2 Å². The van der Waals surface area contributed by atoms with E-state index >= 15 is 0 Å². The molecule has 2 rings (SSSR count). The molecule has 1 aliphatic rings. The van der Waals surface area contributed by atoms with E-state index in [2.05, 4.69) is 17.1 Å². The van der Waals surface area contributed by atoms with Crippen LogP contribution in [-0.4, -0.2) is 37.1 Å². The first-order chi connectivity index (χ1) is 8.66. The fourth-order valence-corrected chi connectivity index (χ4v) is 2.39. The van der Waals surface area contributed by atoms with Crippen LogP contribution < -0.4 is 5.32 Å². The molecule has 0 bridgehead atoms. The molecule has 1 heterocycles. The zero-order chi connectivity index (χ0) is 13.0. The predicted octanol–water partition coefficient (Wildman–Crippen LogP) is 2.19. The highest BCUT2D eigenvalue weighted by molar-refractivity contribution is 5.18. The van der Waals surface area contributed by atoms with Gasteiger partial charge in [-0.15, -0.1) is 0 Å². The van der Waals surface area contributed by atoms with Crippen molar-refractivity contribution in [2.24, 2.45) is 0 Å². The predicted molar refractivity (Wildman–Crippen MR) is 68.6 cm³/mol. The van der Waals surface area contributed by atoms with Crippen LogP contribution in [0.15, 0.2) is 18.2 Å². The standard InChI is InChI=1S/C14H20F2N2/c1-11(18-8-6-17-7-9-18)2-3-12-4-5-13(15)10-14(12)16/h4-5,10-11,17H,2-3,6-9H2,1H3. The number of aryl methyl sites for hydroxylation is 1. The van der Waals surface area contributed by atoms with E-state index < -0.39 is 11.6 Å². The summed E-state index contributed by atoms with van der Waals surface area (Å²) >= 11 is 0. The minimum absolute atomic E-state index is 0.428. The van der Waals surface area contributed by atoms with Crippen LogP contribution in [0.2, 0.25) is 0 Å². The van der Waals surface area contributed by atoms with Gasteiger partial charge in [-0.1, -0.05) is 6.07 Å². The fraction of sp³-hybridized carbons (Fsp3) is 0.571. The average Bonchev–Trinajstić information content (AvgIpc) is 2.38. The first-order valence-electron chi connectivity index (χ1n) is 6.55. The molecule has 1 unspecified atom stereocenters. The smallest absolute Gasteiger partial charge is 0.129 e. The van der Waals surface area contributed by atoms with Gasteiger partial charge >= 0.3 is 0 Å². The zero-order valence-corrected chi connectivity index (χ0v) is 10.8. The summed E-state index contributed by atoms with van der Waals surface area (Å²) in [6.07, 6.45) is 1.57. The number of nitrogens with zero attached hydrogens (tertiary/aromatic N) is 1. The Morgan fingerprint density at radius 2 is 2.00 bits per heavy atom.